The molecule has 0 saturated heterocycles. The Bertz CT molecular complexity index is 1220. The van der Waals surface area contributed by atoms with Crippen LogP contribution < -0.4 is 4.74 Å². The van der Waals surface area contributed by atoms with Crippen molar-refractivity contribution >= 4 is 27.0 Å². The van der Waals surface area contributed by atoms with E-state index in [4.69, 9.17) is 4.74 Å². The summed E-state index contributed by atoms with van der Waals surface area (Å²) in [4.78, 5) is 19.0. The Morgan fingerprint density at radius 1 is 1.12 bits per heavy atom. The predicted molar refractivity (Wildman–Crippen MR) is 124 cm³/mol. The highest BCUT2D eigenvalue weighted by Gasteiger charge is 2.19. The monoisotopic (exact) mass is 458 g/mol. The first-order chi connectivity index (χ1) is 15.1. The summed E-state index contributed by atoms with van der Waals surface area (Å²) in [5.41, 5.74) is 2.48. The Labute approximate surface area is 189 Å². The zero-order chi connectivity index (χ0) is 23.5. The summed E-state index contributed by atoms with van der Waals surface area (Å²) in [7, 11) is 3.10. The van der Waals surface area contributed by atoms with E-state index in [9.17, 15) is 13.2 Å². The number of carbonyl (C=O) groups excluding carboxylic acids is 1. The Balaban J connectivity index is 1.60. The molecule has 2 aromatic carbocycles. The van der Waals surface area contributed by atoms with Gasteiger partial charge in [-0.15, -0.1) is 0 Å². The zero-order valence-corrected chi connectivity index (χ0v) is 20.0. The van der Waals surface area contributed by atoms with Crippen molar-refractivity contribution in [3.8, 4) is 5.75 Å². The molecule has 1 aromatic heterocycles. The first-order valence-corrected chi connectivity index (χ1v) is 11.9. The first kappa shape index (κ1) is 23.7. The van der Waals surface area contributed by atoms with Gasteiger partial charge in [-0.25, -0.2) is 17.7 Å². The van der Waals surface area contributed by atoms with Gasteiger partial charge in [0.15, 0.2) is 0 Å². The normalized spacial score (nSPS) is 11.8. The summed E-state index contributed by atoms with van der Waals surface area (Å²) >= 11 is 0. The minimum absolute atomic E-state index is 0.00122. The molecule has 0 radical (unpaired) electrons. The number of aromatic nitrogens is 2. The fourth-order valence-electron chi connectivity index (χ4n) is 3.37. The Morgan fingerprint density at radius 3 is 2.53 bits per heavy atom. The van der Waals surface area contributed by atoms with Crippen LogP contribution >= 0.6 is 0 Å². The van der Waals surface area contributed by atoms with E-state index in [2.05, 4.69) is 4.98 Å². The third-order valence-electron chi connectivity index (χ3n) is 5.49. The highest BCUT2D eigenvalue weighted by molar-refractivity contribution is 7.89. The van der Waals surface area contributed by atoms with E-state index in [1.807, 2.05) is 42.8 Å². The van der Waals surface area contributed by atoms with Crippen molar-refractivity contribution in [3.05, 3.63) is 53.9 Å². The molecule has 0 N–H and O–H groups in total. The van der Waals surface area contributed by atoms with E-state index < -0.39 is 10.0 Å². The molecule has 9 heteroatoms. The predicted octanol–water partition coefficient (Wildman–Crippen LogP) is 2.60. The number of benzene rings is 2. The summed E-state index contributed by atoms with van der Waals surface area (Å²) in [6.45, 7) is 2.89. The van der Waals surface area contributed by atoms with Gasteiger partial charge in [0.1, 0.15) is 18.2 Å². The first-order valence-electron chi connectivity index (χ1n) is 10.4. The smallest absolute Gasteiger partial charge is 0.242 e. The molecule has 0 aliphatic heterocycles. The molecule has 0 aliphatic rings. The van der Waals surface area contributed by atoms with Crippen molar-refractivity contribution in [2.45, 2.75) is 24.7 Å². The van der Waals surface area contributed by atoms with Crippen molar-refractivity contribution in [2.75, 3.05) is 34.3 Å². The number of ether oxygens (including phenoxy) is 1. The van der Waals surface area contributed by atoms with Crippen LogP contribution in [0.25, 0.3) is 11.0 Å². The number of hydrogen-bond acceptors (Lipinski definition) is 5. The molecule has 0 spiro atoms. The number of sulfonamides is 1. The minimum Gasteiger partial charge on any atom is -0.491 e. The molecule has 0 unspecified atom stereocenters. The van der Waals surface area contributed by atoms with Crippen molar-refractivity contribution < 1.29 is 17.9 Å². The SMILES string of the molecule is Cc1ccccc1OCCN(C)C(=O)CCc1nc2cc(S(=O)(=O)N(C)C)ccc2n1C. The molecule has 1 amide bonds. The maximum absolute atomic E-state index is 12.6. The van der Waals surface area contributed by atoms with Gasteiger partial charge in [0.25, 0.3) is 0 Å². The zero-order valence-electron chi connectivity index (χ0n) is 19.2. The van der Waals surface area contributed by atoms with E-state index in [0.717, 1.165) is 22.7 Å². The van der Waals surface area contributed by atoms with Gasteiger partial charge in [-0.05, 0) is 36.8 Å². The van der Waals surface area contributed by atoms with Crippen LogP contribution in [0, 0.1) is 6.92 Å². The van der Waals surface area contributed by atoms with Crippen LogP contribution in [-0.2, 0) is 28.3 Å². The number of hydrogen-bond donors (Lipinski definition) is 0. The number of amides is 1. The van der Waals surface area contributed by atoms with E-state index in [1.54, 1.807) is 30.1 Å². The van der Waals surface area contributed by atoms with Crippen LogP contribution in [-0.4, -0.2) is 67.4 Å². The van der Waals surface area contributed by atoms with Gasteiger partial charge < -0.3 is 14.2 Å². The molecule has 3 rings (SSSR count). The number of fused-ring (bicyclic) bond motifs is 1. The molecular formula is C23H30N4O4S. The van der Waals surface area contributed by atoms with Crippen LogP contribution in [0.2, 0.25) is 0 Å². The van der Waals surface area contributed by atoms with E-state index in [-0.39, 0.29) is 10.8 Å². The summed E-state index contributed by atoms with van der Waals surface area (Å²) in [5, 5.41) is 0. The number of para-hydroxylation sites is 1. The molecule has 0 saturated carbocycles. The summed E-state index contributed by atoms with van der Waals surface area (Å²) in [6.07, 6.45) is 0.768. The number of nitrogens with zero attached hydrogens (tertiary/aromatic N) is 4. The molecule has 0 fully saturated rings. The third kappa shape index (κ3) is 5.11. The maximum Gasteiger partial charge on any atom is 0.242 e. The second kappa shape index (κ2) is 9.70. The van der Waals surface area contributed by atoms with E-state index in [1.165, 1.54) is 18.4 Å². The van der Waals surface area contributed by atoms with Gasteiger partial charge in [0.05, 0.1) is 22.5 Å². The van der Waals surface area contributed by atoms with E-state index >= 15 is 0 Å². The summed E-state index contributed by atoms with van der Waals surface area (Å²) < 4.78 is 33.6. The Hall–Kier alpha value is -2.91. The molecule has 8 nitrogen and oxygen atoms in total. The van der Waals surface area contributed by atoms with Crippen LogP contribution in [0.3, 0.4) is 0 Å². The second-order valence-electron chi connectivity index (χ2n) is 7.95. The molecular weight excluding hydrogens is 428 g/mol. The molecule has 32 heavy (non-hydrogen) atoms. The highest BCUT2D eigenvalue weighted by Crippen LogP contribution is 2.22. The second-order valence-corrected chi connectivity index (χ2v) is 10.1. The standard InChI is InChI=1S/C23H30N4O4S/c1-17-8-6-7-9-21(17)31-15-14-26(4)23(28)13-12-22-24-19-16-18(32(29,30)25(2)3)10-11-20(19)27(22)5/h6-11,16H,12-15H2,1-5H3. The lowest BCUT2D eigenvalue weighted by molar-refractivity contribution is -0.130. The van der Waals surface area contributed by atoms with Gasteiger partial charge in [-0.1, -0.05) is 18.2 Å². The fourth-order valence-corrected chi connectivity index (χ4v) is 4.29. The minimum atomic E-state index is -3.53. The summed E-state index contributed by atoms with van der Waals surface area (Å²) in [5.74, 6) is 1.56. The number of aryl methyl sites for hydroxylation is 3. The molecule has 172 valence electrons. The lowest BCUT2D eigenvalue weighted by atomic mass is 10.2. The topological polar surface area (TPSA) is 84.7 Å². The van der Waals surface area contributed by atoms with Crippen molar-refractivity contribution in [1.82, 2.24) is 18.8 Å². The van der Waals surface area contributed by atoms with Crippen LogP contribution in [0.1, 0.15) is 17.8 Å². The van der Waals surface area contributed by atoms with Gasteiger partial charge in [-0.2, -0.15) is 0 Å². The molecule has 3 aromatic rings. The largest absolute Gasteiger partial charge is 0.491 e. The maximum atomic E-state index is 12.6. The third-order valence-corrected chi connectivity index (χ3v) is 7.30. The van der Waals surface area contributed by atoms with Gasteiger partial charge in [-0.3, -0.25) is 4.79 Å². The van der Waals surface area contributed by atoms with Crippen molar-refractivity contribution in [2.24, 2.45) is 7.05 Å². The number of rotatable bonds is 9. The number of carbonyl (C=O) groups is 1. The van der Waals surface area contributed by atoms with E-state index in [0.29, 0.717) is 31.5 Å². The fraction of sp³-hybridized carbons (Fsp3) is 0.391. The van der Waals surface area contributed by atoms with Crippen molar-refractivity contribution in [3.63, 3.8) is 0 Å². The van der Waals surface area contributed by atoms with Crippen molar-refractivity contribution in [1.29, 1.82) is 0 Å². The van der Waals surface area contributed by atoms with Gasteiger partial charge in [0, 0.05) is 41.0 Å². The molecule has 0 bridgehead atoms. The molecule has 1 heterocycles. The lowest BCUT2D eigenvalue weighted by Gasteiger charge is -2.18. The lowest BCUT2D eigenvalue weighted by Crippen LogP contribution is -2.31. The highest BCUT2D eigenvalue weighted by atomic mass is 32.2. The number of imidazole rings is 1. The average Bonchev–Trinajstić information content (AvgIpc) is 3.08. The average molecular weight is 459 g/mol. The molecule has 0 aliphatic carbocycles. The van der Waals surface area contributed by atoms with Crippen LogP contribution in [0.4, 0.5) is 0 Å². The number of likely N-dealkylation sites (N-methyl/N-ethyl adjacent to an activating group) is 1. The van der Waals surface area contributed by atoms with Crippen LogP contribution in [0.5, 0.6) is 5.75 Å². The Kier molecular flexibility index (Phi) is 7.20. The van der Waals surface area contributed by atoms with Crippen LogP contribution in [0.15, 0.2) is 47.4 Å². The quantitative estimate of drug-likeness (QED) is 0.492. The van der Waals surface area contributed by atoms with Gasteiger partial charge in [0.2, 0.25) is 15.9 Å². The van der Waals surface area contributed by atoms with Gasteiger partial charge >= 0.3 is 0 Å². The molecule has 0 atom stereocenters. The Morgan fingerprint density at radius 2 is 1.84 bits per heavy atom. The summed E-state index contributed by atoms with van der Waals surface area (Å²) in [6, 6.07) is 12.7.